The third kappa shape index (κ3) is 4.94. The number of nitrogens with one attached hydrogen (secondary N) is 2. The summed E-state index contributed by atoms with van der Waals surface area (Å²) in [5, 5.41) is 7.27. The zero-order valence-corrected chi connectivity index (χ0v) is 19.9. The molecule has 0 amide bonds. The maximum absolute atomic E-state index is 11.7. The molecule has 34 heavy (non-hydrogen) atoms. The largest absolute Gasteiger partial charge is 0.497 e. The Hall–Kier alpha value is -3.71. The quantitative estimate of drug-likeness (QED) is 0.486. The van der Waals surface area contributed by atoms with Gasteiger partial charge in [0.2, 0.25) is 0 Å². The van der Waals surface area contributed by atoms with Crippen LogP contribution in [0.3, 0.4) is 0 Å². The Bertz CT molecular complexity index is 1130. The Morgan fingerprint density at radius 2 is 1.59 bits per heavy atom. The van der Waals surface area contributed by atoms with Crippen molar-refractivity contribution < 1.29 is 23.7 Å². The molecule has 0 saturated carbocycles. The Morgan fingerprint density at radius 1 is 0.912 bits per heavy atom. The first-order valence-electron chi connectivity index (χ1n) is 11.1. The van der Waals surface area contributed by atoms with Crippen LogP contribution in [0.25, 0.3) is 0 Å². The molecule has 7 nitrogen and oxygen atoms in total. The molecule has 178 valence electrons. The van der Waals surface area contributed by atoms with Gasteiger partial charge in [0.25, 0.3) is 0 Å². The van der Waals surface area contributed by atoms with E-state index in [0.29, 0.717) is 17.9 Å². The molecule has 0 spiro atoms. The fraction of sp³-hybridized carbons (Fsp3) is 0.296. The summed E-state index contributed by atoms with van der Waals surface area (Å²) in [6.07, 6.45) is 0.829. The molecule has 2 N–H and O–H groups in total. The first-order valence-corrected chi connectivity index (χ1v) is 11.1. The molecule has 1 aliphatic heterocycles. The van der Waals surface area contributed by atoms with Crippen LogP contribution in [0.1, 0.15) is 33.1 Å². The molecule has 4 rings (SSSR count). The predicted octanol–water partition coefficient (Wildman–Crippen LogP) is 4.21. The number of fused-ring (bicyclic) bond motifs is 1. The number of carbonyl (C=O) groups excluding carboxylic acids is 1. The van der Waals surface area contributed by atoms with Crippen LogP contribution in [0.4, 0.5) is 5.69 Å². The van der Waals surface area contributed by atoms with E-state index < -0.39 is 0 Å². The minimum Gasteiger partial charge on any atom is -0.497 e. The van der Waals surface area contributed by atoms with E-state index in [1.165, 1.54) is 18.2 Å². The van der Waals surface area contributed by atoms with Gasteiger partial charge in [-0.05, 0) is 71.6 Å². The molecule has 2 atom stereocenters. The highest BCUT2D eigenvalue weighted by Crippen LogP contribution is 2.38. The van der Waals surface area contributed by atoms with Crippen molar-refractivity contribution in [2.75, 3.05) is 40.3 Å². The number of carbonyl (C=O) groups is 1. The summed E-state index contributed by atoms with van der Waals surface area (Å²) in [5.74, 6) is 1.91. The molecule has 3 aromatic rings. The van der Waals surface area contributed by atoms with Crippen molar-refractivity contribution in [2.24, 2.45) is 0 Å². The van der Waals surface area contributed by atoms with Crippen LogP contribution in [0.15, 0.2) is 60.7 Å². The van der Waals surface area contributed by atoms with E-state index in [9.17, 15) is 4.79 Å². The lowest BCUT2D eigenvalue weighted by molar-refractivity contribution is 0.0600. The van der Waals surface area contributed by atoms with E-state index in [4.69, 9.17) is 18.9 Å². The first kappa shape index (κ1) is 23.4. The maximum Gasteiger partial charge on any atom is 0.337 e. The number of esters is 1. The smallest absolute Gasteiger partial charge is 0.337 e. The summed E-state index contributed by atoms with van der Waals surface area (Å²) in [6.45, 7) is 0.706. The summed E-state index contributed by atoms with van der Waals surface area (Å²) in [6, 6.07) is 19.7. The molecule has 0 radical (unpaired) electrons. The van der Waals surface area contributed by atoms with Crippen LogP contribution >= 0.6 is 0 Å². The fourth-order valence-electron chi connectivity index (χ4n) is 4.32. The minimum atomic E-state index is -0.344. The zero-order valence-electron chi connectivity index (χ0n) is 19.9. The number of hydrogen-bond donors (Lipinski definition) is 2. The van der Waals surface area contributed by atoms with Crippen LogP contribution in [0.5, 0.6) is 17.2 Å². The fourth-order valence-corrected chi connectivity index (χ4v) is 4.32. The van der Waals surface area contributed by atoms with Crippen molar-refractivity contribution in [2.45, 2.75) is 18.5 Å². The third-order valence-corrected chi connectivity index (χ3v) is 6.13. The summed E-state index contributed by atoms with van der Waals surface area (Å²) in [7, 11) is 6.36. The van der Waals surface area contributed by atoms with E-state index in [2.05, 4.69) is 34.9 Å². The van der Waals surface area contributed by atoms with Gasteiger partial charge >= 0.3 is 5.97 Å². The normalized spacial score (nSPS) is 16.8. The second kappa shape index (κ2) is 10.5. The molecule has 1 aliphatic rings. The summed E-state index contributed by atoms with van der Waals surface area (Å²) in [4.78, 5) is 11.7. The Labute approximate surface area is 200 Å². The van der Waals surface area contributed by atoms with Crippen molar-refractivity contribution in [1.29, 1.82) is 0 Å². The molecule has 3 aromatic carbocycles. The summed E-state index contributed by atoms with van der Waals surface area (Å²) >= 11 is 0. The molecule has 7 heteroatoms. The van der Waals surface area contributed by atoms with Gasteiger partial charge < -0.3 is 29.6 Å². The monoisotopic (exact) mass is 462 g/mol. The van der Waals surface area contributed by atoms with Gasteiger partial charge in [0.1, 0.15) is 5.75 Å². The molecular formula is C27H30N2O5. The van der Waals surface area contributed by atoms with Crippen LogP contribution in [0, 0.1) is 0 Å². The molecule has 0 unspecified atom stereocenters. The van der Waals surface area contributed by atoms with Gasteiger partial charge in [0, 0.05) is 18.3 Å². The van der Waals surface area contributed by atoms with E-state index in [1.54, 1.807) is 33.5 Å². The summed E-state index contributed by atoms with van der Waals surface area (Å²) < 4.78 is 21.2. The van der Waals surface area contributed by atoms with Crippen molar-refractivity contribution in [3.05, 3.63) is 82.9 Å². The number of methoxy groups -OCH3 is 4. The van der Waals surface area contributed by atoms with Gasteiger partial charge in [-0.2, -0.15) is 0 Å². The summed E-state index contributed by atoms with van der Waals surface area (Å²) in [5.41, 5.74) is 4.99. The minimum absolute atomic E-state index is 0.0111. The molecule has 0 saturated heterocycles. The number of rotatable bonds is 8. The molecule has 0 bridgehead atoms. The van der Waals surface area contributed by atoms with Crippen molar-refractivity contribution in [1.82, 2.24) is 5.32 Å². The lowest BCUT2D eigenvalue weighted by Crippen LogP contribution is -2.44. The van der Waals surface area contributed by atoms with E-state index in [0.717, 1.165) is 29.2 Å². The second-order valence-electron chi connectivity index (χ2n) is 8.13. The highest BCUT2D eigenvalue weighted by atomic mass is 16.5. The van der Waals surface area contributed by atoms with Crippen molar-refractivity contribution in [3.63, 3.8) is 0 Å². The van der Waals surface area contributed by atoms with Crippen LogP contribution in [-0.4, -0.2) is 47.0 Å². The Balaban J connectivity index is 1.58. The molecule has 0 aromatic heterocycles. The average Bonchev–Trinajstić information content (AvgIpc) is 2.90. The Kier molecular flexibility index (Phi) is 7.23. The van der Waals surface area contributed by atoms with Crippen LogP contribution in [-0.2, 0) is 11.2 Å². The number of anilines is 1. The van der Waals surface area contributed by atoms with Crippen LogP contribution < -0.4 is 24.8 Å². The molecule has 0 aliphatic carbocycles. The lowest BCUT2D eigenvalue weighted by atomic mass is 9.86. The van der Waals surface area contributed by atoms with E-state index in [-0.39, 0.29) is 18.1 Å². The van der Waals surface area contributed by atoms with E-state index >= 15 is 0 Å². The standard InChI is InChI=1S/C27H30N2O5/c1-31-22-11-7-17(8-12-22)26-23-15-25(33-3)24(32-2)14-19(23)13-21(29-26)16-28-20-9-5-18(6-10-20)27(30)34-4/h5-12,14-15,21,26,28-29H,13,16H2,1-4H3/t21-,26-/m0/s1. The van der Waals surface area contributed by atoms with Crippen LogP contribution in [0.2, 0.25) is 0 Å². The number of hydrogen-bond acceptors (Lipinski definition) is 7. The number of ether oxygens (including phenoxy) is 4. The maximum atomic E-state index is 11.7. The van der Waals surface area contributed by atoms with Gasteiger partial charge in [-0.15, -0.1) is 0 Å². The highest BCUT2D eigenvalue weighted by molar-refractivity contribution is 5.89. The molecular weight excluding hydrogens is 432 g/mol. The van der Waals surface area contributed by atoms with Gasteiger partial charge in [-0.3, -0.25) is 0 Å². The van der Waals surface area contributed by atoms with Gasteiger partial charge in [0.05, 0.1) is 40.0 Å². The molecule has 1 heterocycles. The van der Waals surface area contributed by atoms with Gasteiger partial charge in [-0.1, -0.05) is 12.1 Å². The second-order valence-corrected chi connectivity index (χ2v) is 8.13. The van der Waals surface area contributed by atoms with E-state index in [1.807, 2.05) is 24.3 Å². The third-order valence-electron chi connectivity index (χ3n) is 6.13. The highest BCUT2D eigenvalue weighted by Gasteiger charge is 2.29. The van der Waals surface area contributed by atoms with Gasteiger partial charge in [-0.25, -0.2) is 4.79 Å². The van der Waals surface area contributed by atoms with Crippen molar-refractivity contribution >= 4 is 11.7 Å². The lowest BCUT2D eigenvalue weighted by Gasteiger charge is -2.34. The Morgan fingerprint density at radius 3 is 2.21 bits per heavy atom. The predicted molar refractivity (Wildman–Crippen MR) is 131 cm³/mol. The molecule has 0 fully saturated rings. The average molecular weight is 463 g/mol. The van der Waals surface area contributed by atoms with Crippen molar-refractivity contribution in [3.8, 4) is 17.2 Å². The SMILES string of the molecule is COC(=O)c1ccc(NC[C@@H]2Cc3cc(OC)c(OC)cc3[C@H](c3ccc(OC)cc3)N2)cc1. The van der Waals surface area contributed by atoms with Gasteiger partial charge in [0.15, 0.2) is 11.5 Å². The zero-order chi connectivity index (χ0) is 24.1. The number of benzene rings is 3. The first-order chi connectivity index (χ1) is 16.6. The topological polar surface area (TPSA) is 78.1 Å².